The van der Waals surface area contributed by atoms with Crippen molar-refractivity contribution in [1.82, 2.24) is 4.98 Å². The van der Waals surface area contributed by atoms with Crippen LogP contribution in [0.25, 0.3) is 11.3 Å². The van der Waals surface area contributed by atoms with Gasteiger partial charge in [-0.1, -0.05) is 42.5 Å². The highest BCUT2D eigenvalue weighted by molar-refractivity contribution is 7.14. The lowest BCUT2D eigenvalue weighted by Crippen LogP contribution is -2.13. The zero-order valence-electron chi connectivity index (χ0n) is 13.0. The molecule has 25 heavy (non-hydrogen) atoms. The monoisotopic (exact) mass is 354 g/mol. The topological polar surface area (TPSA) is 88.5 Å². The Morgan fingerprint density at radius 2 is 1.80 bits per heavy atom. The van der Waals surface area contributed by atoms with Crippen molar-refractivity contribution >= 4 is 28.5 Å². The predicted molar refractivity (Wildman–Crippen MR) is 94.8 cm³/mol. The number of aromatic nitrogens is 1. The van der Waals surface area contributed by atoms with Gasteiger partial charge in [-0.15, -0.1) is 11.3 Å². The standard InChI is InChI=1S/C18H14N2O4S/c21-16(22)14-8-6-13(7-9-14)15-11-25-17(19-15)20-18(23)24-10-12-4-2-1-3-5-12/h1-9,11H,10H2,(H,21,22)(H,19,20,23). The Hall–Kier alpha value is -3.19. The maximum Gasteiger partial charge on any atom is 0.413 e. The summed E-state index contributed by atoms with van der Waals surface area (Å²) in [6.45, 7) is 0.182. The normalized spacial score (nSPS) is 10.2. The molecule has 0 atom stereocenters. The molecule has 6 nitrogen and oxygen atoms in total. The molecule has 1 heterocycles. The third-order valence-electron chi connectivity index (χ3n) is 3.35. The quantitative estimate of drug-likeness (QED) is 0.715. The Morgan fingerprint density at radius 3 is 2.48 bits per heavy atom. The smallest absolute Gasteiger partial charge is 0.413 e. The molecule has 0 saturated heterocycles. The van der Waals surface area contributed by atoms with Crippen LogP contribution < -0.4 is 5.32 Å². The minimum atomic E-state index is -0.978. The molecule has 0 fully saturated rings. The molecule has 0 saturated carbocycles. The number of carboxylic acid groups (broad SMARTS) is 1. The number of aromatic carboxylic acids is 1. The van der Waals surface area contributed by atoms with E-state index in [1.165, 1.54) is 23.5 Å². The first-order valence-corrected chi connectivity index (χ1v) is 8.27. The predicted octanol–water partition coefficient (Wildman–Crippen LogP) is 4.26. The Labute approximate surface area is 147 Å². The van der Waals surface area contributed by atoms with Crippen molar-refractivity contribution in [3.63, 3.8) is 0 Å². The van der Waals surface area contributed by atoms with Crippen molar-refractivity contribution in [3.8, 4) is 11.3 Å². The minimum absolute atomic E-state index is 0.182. The van der Waals surface area contributed by atoms with E-state index in [9.17, 15) is 9.59 Å². The fourth-order valence-electron chi connectivity index (χ4n) is 2.09. The number of carbonyl (C=O) groups is 2. The summed E-state index contributed by atoms with van der Waals surface area (Å²) in [7, 11) is 0. The van der Waals surface area contributed by atoms with Gasteiger partial charge in [-0.2, -0.15) is 0 Å². The van der Waals surface area contributed by atoms with Crippen LogP contribution in [0.5, 0.6) is 0 Å². The molecule has 2 aromatic carbocycles. The van der Waals surface area contributed by atoms with E-state index >= 15 is 0 Å². The second-order valence-corrected chi connectivity index (χ2v) is 5.97. The summed E-state index contributed by atoms with van der Waals surface area (Å²) in [5.41, 5.74) is 2.53. The molecule has 1 aromatic heterocycles. The Bertz CT molecular complexity index is 876. The fourth-order valence-corrected chi connectivity index (χ4v) is 2.80. The molecule has 0 spiro atoms. The SMILES string of the molecule is O=C(Nc1nc(-c2ccc(C(=O)O)cc2)cs1)OCc1ccccc1. The van der Waals surface area contributed by atoms with Crippen LogP contribution in [0, 0.1) is 0 Å². The van der Waals surface area contributed by atoms with Crippen molar-refractivity contribution in [2.45, 2.75) is 6.61 Å². The van der Waals surface area contributed by atoms with Gasteiger partial charge < -0.3 is 9.84 Å². The van der Waals surface area contributed by atoms with Gasteiger partial charge in [0.05, 0.1) is 11.3 Å². The van der Waals surface area contributed by atoms with Gasteiger partial charge in [0.1, 0.15) is 6.61 Å². The third kappa shape index (κ3) is 4.42. The van der Waals surface area contributed by atoms with E-state index < -0.39 is 12.1 Å². The first-order valence-electron chi connectivity index (χ1n) is 7.39. The van der Waals surface area contributed by atoms with Crippen LogP contribution in [-0.2, 0) is 11.3 Å². The van der Waals surface area contributed by atoms with Crippen LogP contribution in [0.2, 0.25) is 0 Å². The molecule has 7 heteroatoms. The van der Waals surface area contributed by atoms with E-state index in [1.807, 2.05) is 30.3 Å². The first kappa shape index (κ1) is 16.7. The highest BCUT2D eigenvalue weighted by Crippen LogP contribution is 2.25. The van der Waals surface area contributed by atoms with Gasteiger partial charge in [0.2, 0.25) is 0 Å². The molecule has 0 unspecified atom stereocenters. The van der Waals surface area contributed by atoms with E-state index in [0.29, 0.717) is 10.8 Å². The van der Waals surface area contributed by atoms with Gasteiger partial charge >= 0.3 is 12.1 Å². The summed E-state index contributed by atoms with van der Waals surface area (Å²) in [5, 5.41) is 13.7. The van der Waals surface area contributed by atoms with Gasteiger partial charge in [-0.3, -0.25) is 5.32 Å². The van der Waals surface area contributed by atoms with Gasteiger partial charge in [0.25, 0.3) is 0 Å². The number of nitrogens with one attached hydrogen (secondary N) is 1. The molecule has 3 aromatic rings. The summed E-state index contributed by atoms with van der Waals surface area (Å²) >= 11 is 1.27. The van der Waals surface area contributed by atoms with Crippen LogP contribution >= 0.6 is 11.3 Å². The van der Waals surface area contributed by atoms with E-state index in [4.69, 9.17) is 9.84 Å². The van der Waals surface area contributed by atoms with Crippen LogP contribution in [-0.4, -0.2) is 22.2 Å². The molecule has 0 aliphatic carbocycles. The van der Waals surface area contributed by atoms with Crippen molar-refractivity contribution in [2.75, 3.05) is 5.32 Å². The fraction of sp³-hybridized carbons (Fsp3) is 0.0556. The second-order valence-electron chi connectivity index (χ2n) is 5.11. The van der Waals surface area contributed by atoms with Gasteiger partial charge in [-0.05, 0) is 17.7 Å². The summed E-state index contributed by atoms with van der Waals surface area (Å²) in [6.07, 6.45) is -0.578. The summed E-state index contributed by atoms with van der Waals surface area (Å²) in [5.74, 6) is -0.978. The number of nitrogens with zero attached hydrogens (tertiary/aromatic N) is 1. The Balaban J connectivity index is 1.59. The number of carbonyl (C=O) groups excluding carboxylic acids is 1. The number of benzene rings is 2. The van der Waals surface area contributed by atoms with Crippen LogP contribution in [0.3, 0.4) is 0 Å². The molecule has 0 radical (unpaired) electrons. The molecule has 0 aliphatic rings. The van der Waals surface area contributed by atoms with E-state index in [0.717, 1.165) is 11.1 Å². The van der Waals surface area contributed by atoms with Crippen molar-refractivity contribution in [3.05, 3.63) is 71.1 Å². The zero-order chi connectivity index (χ0) is 17.6. The average molecular weight is 354 g/mol. The maximum atomic E-state index is 11.8. The number of hydrogen-bond acceptors (Lipinski definition) is 5. The number of hydrogen-bond donors (Lipinski definition) is 2. The van der Waals surface area contributed by atoms with Crippen LogP contribution in [0.4, 0.5) is 9.93 Å². The number of anilines is 1. The number of thiazole rings is 1. The van der Waals surface area contributed by atoms with Crippen molar-refractivity contribution in [1.29, 1.82) is 0 Å². The zero-order valence-corrected chi connectivity index (χ0v) is 13.8. The van der Waals surface area contributed by atoms with E-state index in [-0.39, 0.29) is 12.2 Å². The molecular weight excluding hydrogens is 340 g/mol. The molecular formula is C18H14N2O4S. The van der Waals surface area contributed by atoms with Crippen molar-refractivity contribution < 1.29 is 19.4 Å². The molecule has 0 bridgehead atoms. The molecule has 0 aliphatic heterocycles. The lowest BCUT2D eigenvalue weighted by molar-refractivity contribution is 0.0697. The van der Waals surface area contributed by atoms with Crippen LogP contribution in [0.15, 0.2) is 60.0 Å². The lowest BCUT2D eigenvalue weighted by atomic mass is 10.1. The molecule has 2 N–H and O–H groups in total. The van der Waals surface area contributed by atoms with Crippen molar-refractivity contribution in [2.24, 2.45) is 0 Å². The van der Waals surface area contributed by atoms with E-state index in [2.05, 4.69) is 10.3 Å². The van der Waals surface area contributed by atoms with Crippen LogP contribution in [0.1, 0.15) is 15.9 Å². The summed E-state index contributed by atoms with van der Waals surface area (Å²) in [6, 6.07) is 15.8. The number of amides is 1. The van der Waals surface area contributed by atoms with Gasteiger partial charge in [0, 0.05) is 10.9 Å². The number of rotatable bonds is 5. The summed E-state index contributed by atoms with van der Waals surface area (Å²) < 4.78 is 5.14. The minimum Gasteiger partial charge on any atom is -0.478 e. The highest BCUT2D eigenvalue weighted by atomic mass is 32.1. The third-order valence-corrected chi connectivity index (χ3v) is 4.11. The Morgan fingerprint density at radius 1 is 1.08 bits per heavy atom. The Kier molecular flexibility index (Phi) is 5.06. The second kappa shape index (κ2) is 7.59. The molecule has 3 rings (SSSR count). The highest BCUT2D eigenvalue weighted by Gasteiger charge is 2.10. The number of ether oxygens (including phenoxy) is 1. The lowest BCUT2D eigenvalue weighted by Gasteiger charge is -2.04. The van der Waals surface area contributed by atoms with E-state index in [1.54, 1.807) is 17.5 Å². The average Bonchev–Trinajstić information content (AvgIpc) is 3.09. The first-order chi connectivity index (χ1) is 12.1. The molecule has 126 valence electrons. The number of carboxylic acids is 1. The molecule has 1 amide bonds. The van der Waals surface area contributed by atoms with Gasteiger partial charge in [-0.25, -0.2) is 14.6 Å². The maximum absolute atomic E-state index is 11.8. The largest absolute Gasteiger partial charge is 0.478 e. The van der Waals surface area contributed by atoms with Gasteiger partial charge in [0.15, 0.2) is 5.13 Å². The summed E-state index contributed by atoms with van der Waals surface area (Å²) in [4.78, 5) is 27.0.